The number of unbranched alkanes of at least 4 members (excludes halogenated alkanes) is 1. The van der Waals surface area contributed by atoms with Gasteiger partial charge in [0.05, 0.1) is 0 Å². The number of nitrogens with one attached hydrogen (secondary N) is 1. The summed E-state index contributed by atoms with van der Waals surface area (Å²) in [6, 6.07) is 7.67. The largest absolute Gasteiger partial charge is 0.385 e. The third-order valence-corrected chi connectivity index (χ3v) is 4.79. The van der Waals surface area contributed by atoms with E-state index in [1.54, 1.807) is 23.6 Å². The summed E-state index contributed by atoms with van der Waals surface area (Å²) >= 11 is 1.35. The number of hydrogen-bond donors (Lipinski definition) is 1. The summed E-state index contributed by atoms with van der Waals surface area (Å²) in [5.74, 6) is -0.405. The molecular formula is C20H27N3O3S. The molecule has 0 radical (unpaired) electrons. The van der Waals surface area contributed by atoms with Gasteiger partial charge in [-0.1, -0.05) is 25.5 Å². The number of aryl methyl sites for hydroxylation is 1. The number of amides is 2. The van der Waals surface area contributed by atoms with E-state index in [0.29, 0.717) is 30.3 Å². The average Bonchev–Trinajstić information content (AvgIpc) is 3.18. The van der Waals surface area contributed by atoms with Crippen LogP contribution >= 0.6 is 11.3 Å². The van der Waals surface area contributed by atoms with E-state index in [0.717, 1.165) is 19.3 Å². The highest BCUT2D eigenvalue weighted by Gasteiger charge is 2.19. The predicted octanol–water partition coefficient (Wildman–Crippen LogP) is 3.60. The standard InChI is InChI=1S/C20H27N3O3S/c1-3-4-6-16-7-9-17(10-8-16)19(25)23(12-5-13-26-2)15-18(24)22-20-21-11-14-27-20/h7-11,14H,3-6,12-13,15H2,1-2H3,(H,21,22,24). The lowest BCUT2D eigenvalue weighted by atomic mass is 10.1. The van der Waals surface area contributed by atoms with Gasteiger partial charge in [-0.15, -0.1) is 11.3 Å². The Bertz CT molecular complexity index is 702. The smallest absolute Gasteiger partial charge is 0.254 e. The Balaban J connectivity index is 2.02. The molecule has 2 rings (SSSR count). The molecule has 0 bridgehead atoms. The van der Waals surface area contributed by atoms with Crippen molar-refractivity contribution in [3.8, 4) is 0 Å². The molecule has 0 aliphatic heterocycles. The first kappa shape index (κ1) is 21.1. The van der Waals surface area contributed by atoms with Crippen LogP contribution in [-0.4, -0.2) is 48.5 Å². The Morgan fingerprint density at radius 1 is 1.22 bits per heavy atom. The zero-order valence-corrected chi connectivity index (χ0v) is 16.8. The van der Waals surface area contributed by atoms with Crippen LogP contribution in [0.5, 0.6) is 0 Å². The van der Waals surface area contributed by atoms with Crippen molar-refractivity contribution in [2.45, 2.75) is 32.6 Å². The molecule has 6 nitrogen and oxygen atoms in total. The molecule has 0 saturated heterocycles. The summed E-state index contributed by atoms with van der Waals surface area (Å²) in [6.07, 6.45) is 5.58. The van der Waals surface area contributed by atoms with Crippen molar-refractivity contribution in [2.75, 3.05) is 32.1 Å². The quantitative estimate of drug-likeness (QED) is 0.596. The minimum absolute atomic E-state index is 0.0142. The van der Waals surface area contributed by atoms with Gasteiger partial charge in [0.2, 0.25) is 5.91 Å². The zero-order valence-electron chi connectivity index (χ0n) is 15.9. The van der Waals surface area contributed by atoms with Crippen LogP contribution in [0.1, 0.15) is 42.1 Å². The lowest BCUT2D eigenvalue weighted by Gasteiger charge is -2.22. The van der Waals surface area contributed by atoms with Crippen LogP contribution in [0, 0.1) is 0 Å². The third kappa shape index (κ3) is 7.11. The van der Waals surface area contributed by atoms with Gasteiger partial charge in [-0.25, -0.2) is 4.98 Å². The number of ether oxygens (including phenoxy) is 1. The molecule has 0 saturated carbocycles. The van der Waals surface area contributed by atoms with Gasteiger partial charge in [0.25, 0.3) is 5.91 Å². The Hall–Kier alpha value is -2.25. The number of carbonyl (C=O) groups is 2. The molecule has 0 aliphatic carbocycles. The van der Waals surface area contributed by atoms with E-state index in [1.807, 2.05) is 24.3 Å². The summed E-state index contributed by atoms with van der Waals surface area (Å²) in [4.78, 5) is 30.8. The number of anilines is 1. The second-order valence-electron chi connectivity index (χ2n) is 6.26. The number of hydrogen-bond acceptors (Lipinski definition) is 5. The number of carbonyl (C=O) groups excluding carboxylic acids is 2. The highest BCUT2D eigenvalue weighted by molar-refractivity contribution is 7.13. The van der Waals surface area contributed by atoms with Gasteiger partial charge >= 0.3 is 0 Å². The number of thiazole rings is 1. The fraction of sp³-hybridized carbons (Fsp3) is 0.450. The summed E-state index contributed by atoms with van der Waals surface area (Å²) < 4.78 is 5.07. The monoisotopic (exact) mass is 389 g/mol. The summed E-state index contributed by atoms with van der Waals surface area (Å²) in [6.45, 7) is 3.13. The van der Waals surface area contributed by atoms with E-state index in [9.17, 15) is 9.59 Å². The van der Waals surface area contributed by atoms with Crippen LogP contribution in [0.3, 0.4) is 0 Å². The summed E-state index contributed by atoms with van der Waals surface area (Å²) in [5.41, 5.74) is 1.82. The maximum Gasteiger partial charge on any atom is 0.254 e. The van der Waals surface area contributed by atoms with Crippen molar-refractivity contribution in [3.05, 3.63) is 47.0 Å². The molecule has 1 aromatic heterocycles. The Morgan fingerprint density at radius 3 is 2.63 bits per heavy atom. The van der Waals surface area contributed by atoms with Gasteiger partial charge in [0.15, 0.2) is 5.13 Å². The maximum absolute atomic E-state index is 12.9. The van der Waals surface area contributed by atoms with Crippen molar-refractivity contribution in [3.63, 3.8) is 0 Å². The first-order valence-corrected chi connectivity index (χ1v) is 10.1. The second-order valence-corrected chi connectivity index (χ2v) is 7.15. The van der Waals surface area contributed by atoms with E-state index in [2.05, 4.69) is 17.2 Å². The average molecular weight is 390 g/mol. The van der Waals surface area contributed by atoms with Gasteiger partial charge < -0.3 is 15.0 Å². The van der Waals surface area contributed by atoms with Crippen LogP contribution in [0.2, 0.25) is 0 Å². The van der Waals surface area contributed by atoms with Crippen LogP contribution in [0.25, 0.3) is 0 Å². The zero-order chi connectivity index (χ0) is 19.5. The van der Waals surface area contributed by atoms with E-state index in [-0.39, 0.29) is 18.4 Å². The molecule has 2 aromatic rings. The van der Waals surface area contributed by atoms with Crippen molar-refractivity contribution in [1.29, 1.82) is 0 Å². The first-order valence-electron chi connectivity index (χ1n) is 9.20. The van der Waals surface area contributed by atoms with E-state index in [4.69, 9.17) is 4.74 Å². The van der Waals surface area contributed by atoms with E-state index in [1.165, 1.54) is 16.9 Å². The number of aromatic nitrogens is 1. The molecule has 7 heteroatoms. The second kappa shape index (κ2) is 11.5. The minimum Gasteiger partial charge on any atom is -0.385 e. The molecule has 2 amide bonds. The van der Waals surface area contributed by atoms with Crippen LogP contribution in [0.15, 0.2) is 35.8 Å². The van der Waals surface area contributed by atoms with Gasteiger partial charge in [0, 0.05) is 37.4 Å². The van der Waals surface area contributed by atoms with E-state index < -0.39 is 0 Å². The van der Waals surface area contributed by atoms with Crippen LogP contribution < -0.4 is 5.32 Å². The predicted molar refractivity (Wildman–Crippen MR) is 108 cm³/mol. The van der Waals surface area contributed by atoms with Gasteiger partial charge in [-0.3, -0.25) is 9.59 Å². The molecule has 0 spiro atoms. The molecule has 0 unspecified atom stereocenters. The van der Waals surface area contributed by atoms with Crippen molar-refractivity contribution < 1.29 is 14.3 Å². The number of rotatable bonds is 11. The van der Waals surface area contributed by atoms with Crippen molar-refractivity contribution >= 4 is 28.3 Å². The maximum atomic E-state index is 12.9. The highest BCUT2D eigenvalue weighted by Crippen LogP contribution is 2.13. The lowest BCUT2D eigenvalue weighted by Crippen LogP contribution is -2.39. The summed E-state index contributed by atoms with van der Waals surface area (Å²) in [5, 5.41) is 5.05. The first-order chi connectivity index (χ1) is 13.1. The minimum atomic E-state index is -0.254. The molecule has 0 atom stereocenters. The number of methoxy groups -OCH3 is 1. The van der Waals surface area contributed by atoms with Crippen molar-refractivity contribution in [1.82, 2.24) is 9.88 Å². The van der Waals surface area contributed by atoms with Gasteiger partial charge in [0.1, 0.15) is 6.54 Å². The van der Waals surface area contributed by atoms with Crippen LogP contribution in [0.4, 0.5) is 5.13 Å². The van der Waals surface area contributed by atoms with Crippen molar-refractivity contribution in [2.24, 2.45) is 0 Å². The lowest BCUT2D eigenvalue weighted by molar-refractivity contribution is -0.116. The molecule has 27 heavy (non-hydrogen) atoms. The van der Waals surface area contributed by atoms with Gasteiger partial charge in [-0.05, 0) is 37.0 Å². The topological polar surface area (TPSA) is 71.5 Å². The van der Waals surface area contributed by atoms with Gasteiger partial charge in [-0.2, -0.15) is 0 Å². The van der Waals surface area contributed by atoms with Crippen LogP contribution in [-0.2, 0) is 16.0 Å². The molecule has 0 aliphatic rings. The SMILES string of the molecule is CCCCc1ccc(C(=O)N(CCCOC)CC(=O)Nc2nccs2)cc1. The molecule has 146 valence electrons. The molecule has 0 fully saturated rings. The molecular weight excluding hydrogens is 362 g/mol. The fourth-order valence-electron chi connectivity index (χ4n) is 2.65. The van der Waals surface area contributed by atoms with E-state index >= 15 is 0 Å². The summed E-state index contributed by atoms with van der Waals surface area (Å²) in [7, 11) is 1.62. The number of nitrogens with zero attached hydrogens (tertiary/aromatic N) is 2. The fourth-order valence-corrected chi connectivity index (χ4v) is 3.19. The normalized spacial score (nSPS) is 10.6. The Morgan fingerprint density at radius 2 is 2.00 bits per heavy atom. The molecule has 1 heterocycles. The molecule has 1 N–H and O–H groups in total. The number of benzene rings is 1. The highest BCUT2D eigenvalue weighted by atomic mass is 32.1. The Labute approximate surface area is 164 Å². The Kier molecular flexibility index (Phi) is 8.94. The third-order valence-electron chi connectivity index (χ3n) is 4.10. The molecule has 1 aromatic carbocycles.